The maximum Gasteiger partial charge on any atom is 0.417 e. The lowest BCUT2D eigenvalue weighted by atomic mass is 10.2. The Labute approximate surface area is 145 Å². The van der Waals surface area contributed by atoms with Gasteiger partial charge in [-0.1, -0.05) is 17.7 Å². The van der Waals surface area contributed by atoms with Crippen LogP contribution in [0.15, 0.2) is 47.4 Å². The van der Waals surface area contributed by atoms with Crippen LogP contribution >= 0.6 is 23.4 Å². The molecule has 8 heteroatoms. The predicted molar refractivity (Wildman–Crippen MR) is 87.0 cm³/mol. The van der Waals surface area contributed by atoms with Crippen LogP contribution in [0, 0.1) is 11.3 Å². The first-order valence-corrected chi connectivity index (χ1v) is 7.95. The summed E-state index contributed by atoms with van der Waals surface area (Å²) in [6, 6.07) is 11.8. The van der Waals surface area contributed by atoms with Gasteiger partial charge in [0.25, 0.3) is 0 Å². The molecular weight excluding hydrogens is 361 g/mol. The molecule has 2 aromatic carbocycles. The molecule has 0 saturated heterocycles. The smallest absolute Gasteiger partial charge is 0.325 e. The van der Waals surface area contributed by atoms with Crippen molar-refractivity contribution < 1.29 is 18.0 Å². The first kappa shape index (κ1) is 18.2. The summed E-state index contributed by atoms with van der Waals surface area (Å²) in [6.07, 6.45) is -4.55. The van der Waals surface area contributed by atoms with Crippen molar-refractivity contribution in [2.24, 2.45) is 0 Å². The number of nitrogens with one attached hydrogen (secondary N) is 1. The zero-order chi connectivity index (χ0) is 17.7. The molecule has 24 heavy (non-hydrogen) atoms. The number of carbonyl (C=O) groups is 1. The lowest BCUT2D eigenvalue weighted by molar-refractivity contribution is -0.137. The minimum absolute atomic E-state index is 0.0737. The monoisotopic (exact) mass is 370 g/mol. The van der Waals surface area contributed by atoms with Crippen molar-refractivity contribution >= 4 is 35.0 Å². The van der Waals surface area contributed by atoms with Crippen LogP contribution in [0.1, 0.15) is 11.1 Å². The first-order chi connectivity index (χ1) is 11.3. The van der Waals surface area contributed by atoms with Gasteiger partial charge >= 0.3 is 6.18 Å². The molecule has 0 aromatic heterocycles. The number of rotatable bonds is 4. The number of halogens is 4. The van der Waals surface area contributed by atoms with E-state index < -0.39 is 17.6 Å². The number of benzene rings is 2. The normalized spacial score (nSPS) is 11.0. The van der Waals surface area contributed by atoms with Gasteiger partial charge in [0.1, 0.15) is 0 Å². The quantitative estimate of drug-likeness (QED) is 0.774. The van der Waals surface area contributed by atoms with Crippen molar-refractivity contribution in [2.75, 3.05) is 11.1 Å². The molecule has 3 nitrogen and oxygen atoms in total. The van der Waals surface area contributed by atoms with Gasteiger partial charge in [0.2, 0.25) is 5.91 Å². The SMILES string of the molecule is N#Cc1cccc(NC(=O)CSc2ccc(Cl)c(C(F)(F)F)c2)c1. The lowest BCUT2D eigenvalue weighted by Crippen LogP contribution is -2.14. The van der Waals surface area contributed by atoms with E-state index in [-0.39, 0.29) is 15.7 Å². The van der Waals surface area contributed by atoms with Crippen LogP contribution in [0.4, 0.5) is 18.9 Å². The Balaban J connectivity index is 2.00. The highest BCUT2D eigenvalue weighted by Gasteiger charge is 2.33. The average Bonchev–Trinajstić information content (AvgIpc) is 2.53. The van der Waals surface area contributed by atoms with Crippen LogP contribution in [-0.2, 0) is 11.0 Å². The second-order valence-electron chi connectivity index (χ2n) is 4.67. The molecule has 0 saturated carbocycles. The molecule has 124 valence electrons. The Kier molecular flexibility index (Phi) is 5.75. The van der Waals surface area contributed by atoms with E-state index in [1.807, 2.05) is 6.07 Å². The topological polar surface area (TPSA) is 52.9 Å². The van der Waals surface area contributed by atoms with Gasteiger partial charge in [-0.3, -0.25) is 4.79 Å². The van der Waals surface area contributed by atoms with E-state index in [1.165, 1.54) is 12.1 Å². The molecule has 0 unspecified atom stereocenters. The molecule has 2 rings (SSSR count). The Morgan fingerprint density at radius 1 is 1.25 bits per heavy atom. The molecule has 0 atom stereocenters. The maximum atomic E-state index is 12.8. The number of nitriles is 1. The molecule has 0 radical (unpaired) electrons. The summed E-state index contributed by atoms with van der Waals surface area (Å²) in [5.41, 5.74) is -0.0870. The summed E-state index contributed by atoms with van der Waals surface area (Å²) < 4.78 is 38.4. The molecule has 0 bridgehead atoms. The second-order valence-corrected chi connectivity index (χ2v) is 6.12. The van der Waals surface area contributed by atoms with Gasteiger partial charge in [-0.25, -0.2) is 0 Å². The Morgan fingerprint density at radius 3 is 2.67 bits per heavy atom. The number of hydrogen-bond acceptors (Lipinski definition) is 3. The predicted octanol–water partition coefficient (Wildman–Crippen LogP) is 4.96. The summed E-state index contributed by atoms with van der Waals surface area (Å²) in [6.45, 7) is 0. The van der Waals surface area contributed by atoms with Crippen molar-refractivity contribution in [3.63, 3.8) is 0 Å². The van der Waals surface area contributed by atoms with Gasteiger partial charge in [0.15, 0.2) is 0 Å². The Bertz CT molecular complexity index is 803. The molecule has 0 aliphatic heterocycles. The number of thioether (sulfide) groups is 1. The number of alkyl halides is 3. The number of anilines is 1. The highest BCUT2D eigenvalue weighted by Crippen LogP contribution is 2.36. The number of hydrogen-bond donors (Lipinski definition) is 1. The molecule has 1 amide bonds. The summed E-state index contributed by atoms with van der Waals surface area (Å²) >= 11 is 6.51. The molecule has 0 heterocycles. The minimum atomic E-state index is -4.55. The van der Waals surface area contributed by atoms with Gasteiger partial charge < -0.3 is 5.32 Å². The summed E-state index contributed by atoms with van der Waals surface area (Å²) in [5, 5.41) is 11.0. The fraction of sp³-hybridized carbons (Fsp3) is 0.125. The zero-order valence-electron chi connectivity index (χ0n) is 12.0. The van der Waals surface area contributed by atoms with Crippen molar-refractivity contribution in [2.45, 2.75) is 11.1 Å². The summed E-state index contributed by atoms with van der Waals surface area (Å²) in [5.74, 6) is -0.464. The van der Waals surface area contributed by atoms with E-state index >= 15 is 0 Å². The van der Waals surface area contributed by atoms with Crippen molar-refractivity contribution in [1.29, 1.82) is 5.26 Å². The van der Waals surface area contributed by atoms with Crippen LogP contribution in [-0.4, -0.2) is 11.7 Å². The molecule has 0 fully saturated rings. The fourth-order valence-electron chi connectivity index (χ4n) is 1.82. The maximum absolute atomic E-state index is 12.8. The zero-order valence-corrected chi connectivity index (χ0v) is 13.6. The Hall–Kier alpha value is -2.17. The van der Waals surface area contributed by atoms with Crippen LogP contribution < -0.4 is 5.32 Å². The number of carbonyl (C=O) groups excluding carboxylic acids is 1. The van der Waals surface area contributed by atoms with E-state index in [2.05, 4.69) is 5.32 Å². The molecule has 0 aliphatic carbocycles. The standard InChI is InChI=1S/C16H10ClF3N2OS/c17-14-5-4-12(7-13(14)16(18,19)20)24-9-15(23)22-11-3-1-2-10(6-11)8-21/h1-7H,9H2,(H,22,23). The van der Waals surface area contributed by atoms with E-state index in [4.69, 9.17) is 16.9 Å². The van der Waals surface area contributed by atoms with Crippen LogP contribution in [0.5, 0.6) is 0 Å². The average molecular weight is 371 g/mol. The van der Waals surface area contributed by atoms with E-state index in [9.17, 15) is 18.0 Å². The summed E-state index contributed by atoms with van der Waals surface area (Å²) in [7, 11) is 0. The van der Waals surface area contributed by atoms with E-state index in [0.717, 1.165) is 23.9 Å². The van der Waals surface area contributed by atoms with Crippen molar-refractivity contribution in [1.82, 2.24) is 0 Å². The lowest BCUT2D eigenvalue weighted by Gasteiger charge is -2.11. The molecule has 0 spiro atoms. The van der Waals surface area contributed by atoms with Crippen LogP contribution in [0.2, 0.25) is 5.02 Å². The van der Waals surface area contributed by atoms with Gasteiger partial charge in [-0.05, 0) is 36.4 Å². The van der Waals surface area contributed by atoms with Crippen molar-refractivity contribution in [3.8, 4) is 6.07 Å². The third-order valence-electron chi connectivity index (χ3n) is 2.89. The molecular formula is C16H10ClF3N2OS. The van der Waals surface area contributed by atoms with E-state index in [0.29, 0.717) is 11.3 Å². The largest absolute Gasteiger partial charge is 0.417 e. The minimum Gasteiger partial charge on any atom is -0.325 e. The van der Waals surface area contributed by atoms with Crippen molar-refractivity contribution in [3.05, 3.63) is 58.6 Å². The molecule has 0 aliphatic rings. The van der Waals surface area contributed by atoms with E-state index in [1.54, 1.807) is 18.2 Å². The Morgan fingerprint density at radius 2 is 2.00 bits per heavy atom. The fourth-order valence-corrected chi connectivity index (χ4v) is 2.78. The summed E-state index contributed by atoms with van der Waals surface area (Å²) in [4.78, 5) is 12.2. The number of amides is 1. The second kappa shape index (κ2) is 7.60. The molecule has 1 N–H and O–H groups in total. The number of nitrogens with zero attached hydrogens (tertiary/aromatic N) is 1. The highest BCUT2D eigenvalue weighted by molar-refractivity contribution is 8.00. The highest BCUT2D eigenvalue weighted by atomic mass is 35.5. The first-order valence-electron chi connectivity index (χ1n) is 6.59. The van der Waals surface area contributed by atoms with Gasteiger partial charge in [0, 0.05) is 10.6 Å². The van der Waals surface area contributed by atoms with Crippen LogP contribution in [0.3, 0.4) is 0 Å². The van der Waals surface area contributed by atoms with Gasteiger partial charge in [-0.2, -0.15) is 18.4 Å². The van der Waals surface area contributed by atoms with Gasteiger partial charge in [-0.15, -0.1) is 11.8 Å². The van der Waals surface area contributed by atoms with Gasteiger partial charge in [0.05, 0.1) is 28.0 Å². The third-order valence-corrected chi connectivity index (χ3v) is 4.21. The molecule has 2 aromatic rings. The van der Waals surface area contributed by atoms with Crippen LogP contribution in [0.25, 0.3) is 0 Å². The third kappa shape index (κ3) is 4.91.